The van der Waals surface area contributed by atoms with E-state index in [2.05, 4.69) is 25.6 Å². The van der Waals surface area contributed by atoms with Gasteiger partial charge >= 0.3 is 0 Å². The van der Waals surface area contributed by atoms with Gasteiger partial charge in [0.15, 0.2) is 10.9 Å². The zero-order chi connectivity index (χ0) is 20.9. The zero-order valence-electron chi connectivity index (χ0n) is 15.4. The van der Waals surface area contributed by atoms with Crippen LogP contribution < -0.4 is 5.32 Å². The molecule has 0 fully saturated rings. The molecule has 0 unspecified atom stereocenters. The summed E-state index contributed by atoms with van der Waals surface area (Å²) < 4.78 is 1.64. The smallest absolute Gasteiger partial charge is 0.278 e. The fourth-order valence-electron chi connectivity index (χ4n) is 2.64. The Morgan fingerprint density at radius 3 is 2.50 bits per heavy atom. The van der Waals surface area contributed by atoms with Gasteiger partial charge < -0.3 is 5.32 Å². The second-order valence-electron chi connectivity index (χ2n) is 6.04. The van der Waals surface area contributed by atoms with Crippen LogP contribution in [0.25, 0.3) is 5.69 Å². The van der Waals surface area contributed by atoms with Crippen molar-refractivity contribution in [1.29, 1.82) is 0 Å². The maximum absolute atomic E-state index is 12.9. The molecule has 4 rings (SSSR count). The minimum Gasteiger partial charge on any atom is -0.320 e. The number of thioether (sulfide) groups is 1. The summed E-state index contributed by atoms with van der Waals surface area (Å²) in [5.41, 5.74) is 2.13. The van der Waals surface area contributed by atoms with Crippen molar-refractivity contribution >= 4 is 46.6 Å². The molecule has 0 bridgehead atoms. The summed E-state index contributed by atoms with van der Waals surface area (Å²) in [6.45, 7) is 0. The van der Waals surface area contributed by atoms with E-state index < -0.39 is 5.91 Å². The maximum Gasteiger partial charge on any atom is 0.278 e. The molecule has 2 aromatic heterocycles. The fraction of sp³-hybridized carbons (Fsp3) is 0.0500. The third-order valence-corrected chi connectivity index (χ3v) is 5.66. The van der Waals surface area contributed by atoms with Gasteiger partial charge in [0.05, 0.1) is 21.4 Å². The molecule has 7 nitrogen and oxygen atoms in total. The molecule has 2 aromatic carbocycles. The highest BCUT2D eigenvalue weighted by molar-refractivity contribution is 7.98. The summed E-state index contributed by atoms with van der Waals surface area (Å²) in [5, 5.41) is 12.5. The minimum absolute atomic E-state index is 0.202. The van der Waals surface area contributed by atoms with Crippen molar-refractivity contribution in [2.24, 2.45) is 0 Å². The fourth-order valence-corrected chi connectivity index (χ4v) is 3.73. The molecule has 0 atom stereocenters. The first-order valence-corrected chi connectivity index (χ1v) is 10.5. The molecule has 150 valence electrons. The molecule has 0 aliphatic carbocycles. The van der Waals surface area contributed by atoms with Crippen LogP contribution in [-0.4, -0.2) is 30.9 Å². The number of rotatable bonds is 6. The number of halogens is 2. The Morgan fingerprint density at radius 1 is 1.00 bits per heavy atom. The van der Waals surface area contributed by atoms with Gasteiger partial charge in [-0.2, -0.15) is 0 Å². The van der Waals surface area contributed by atoms with Crippen LogP contribution in [-0.2, 0) is 5.75 Å². The Bertz CT molecular complexity index is 1170. The molecular weight excluding hydrogens is 443 g/mol. The quantitative estimate of drug-likeness (QED) is 0.327. The van der Waals surface area contributed by atoms with E-state index in [0.717, 1.165) is 5.69 Å². The molecule has 30 heavy (non-hydrogen) atoms. The summed E-state index contributed by atoms with van der Waals surface area (Å²) in [7, 11) is 0. The normalized spacial score (nSPS) is 10.7. The van der Waals surface area contributed by atoms with E-state index in [1.165, 1.54) is 11.8 Å². The number of amides is 1. The second-order valence-corrected chi connectivity index (χ2v) is 7.79. The van der Waals surface area contributed by atoms with Crippen molar-refractivity contribution < 1.29 is 4.79 Å². The van der Waals surface area contributed by atoms with E-state index in [9.17, 15) is 4.79 Å². The van der Waals surface area contributed by atoms with Gasteiger partial charge in [-0.1, -0.05) is 58.4 Å². The van der Waals surface area contributed by atoms with Crippen LogP contribution in [0.2, 0.25) is 10.0 Å². The molecule has 1 N–H and O–H groups in total. The predicted octanol–water partition coefficient (Wildman–Crippen LogP) is 4.91. The van der Waals surface area contributed by atoms with Crippen LogP contribution in [0.4, 0.5) is 5.69 Å². The molecule has 2 heterocycles. The number of nitrogens with zero attached hydrogens (tertiary/aromatic N) is 5. The Hall–Kier alpha value is -2.94. The summed E-state index contributed by atoms with van der Waals surface area (Å²) in [6.07, 6.45) is 3.33. The molecule has 0 spiro atoms. The Morgan fingerprint density at radius 2 is 1.77 bits per heavy atom. The van der Waals surface area contributed by atoms with Gasteiger partial charge in [0.25, 0.3) is 5.91 Å². The lowest BCUT2D eigenvalue weighted by molar-refractivity contribution is 0.102. The molecule has 0 radical (unpaired) electrons. The van der Waals surface area contributed by atoms with Crippen LogP contribution in [0.5, 0.6) is 0 Å². The van der Waals surface area contributed by atoms with Gasteiger partial charge in [0.2, 0.25) is 0 Å². The van der Waals surface area contributed by atoms with E-state index in [1.807, 2.05) is 30.3 Å². The number of aromatic nitrogens is 5. The van der Waals surface area contributed by atoms with Gasteiger partial charge in [-0.05, 0) is 36.4 Å². The first-order valence-electron chi connectivity index (χ1n) is 8.78. The highest BCUT2D eigenvalue weighted by atomic mass is 35.5. The van der Waals surface area contributed by atoms with Crippen molar-refractivity contribution in [1.82, 2.24) is 25.0 Å². The van der Waals surface area contributed by atoms with Crippen molar-refractivity contribution in [2.75, 3.05) is 5.32 Å². The molecule has 10 heteroatoms. The standard InChI is InChI=1S/C20H14Cl2N6OS/c21-15-8-7-13(11-16(15)22)25-19(29)18-17(12-30-20-23-9-4-10-24-20)28(27-26-18)14-5-2-1-3-6-14/h1-11H,12H2,(H,25,29). The van der Waals surface area contributed by atoms with Crippen molar-refractivity contribution in [3.8, 4) is 5.69 Å². The van der Waals surface area contributed by atoms with Gasteiger partial charge in [0.1, 0.15) is 0 Å². The lowest BCUT2D eigenvalue weighted by Gasteiger charge is -2.09. The van der Waals surface area contributed by atoms with Crippen LogP contribution in [0, 0.1) is 0 Å². The van der Waals surface area contributed by atoms with Gasteiger partial charge in [0, 0.05) is 23.8 Å². The van der Waals surface area contributed by atoms with E-state index in [1.54, 1.807) is 41.3 Å². The average Bonchev–Trinajstić information content (AvgIpc) is 3.20. The number of benzene rings is 2. The molecule has 0 saturated heterocycles. The number of carbonyl (C=O) groups excluding carboxylic acids is 1. The Labute approximate surface area is 186 Å². The Balaban J connectivity index is 1.65. The summed E-state index contributed by atoms with van der Waals surface area (Å²) in [6, 6.07) is 16.1. The minimum atomic E-state index is -0.403. The average molecular weight is 457 g/mol. The van der Waals surface area contributed by atoms with Crippen LogP contribution in [0.15, 0.2) is 72.1 Å². The van der Waals surface area contributed by atoms with Gasteiger partial charge in [-0.3, -0.25) is 4.79 Å². The summed E-state index contributed by atoms with van der Waals surface area (Å²) in [5.74, 6) is -0.00379. The molecular formula is C20H14Cl2N6OS. The van der Waals surface area contributed by atoms with E-state index in [0.29, 0.717) is 32.3 Å². The number of hydrogen-bond acceptors (Lipinski definition) is 6. The molecule has 4 aromatic rings. The van der Waals surface area contributed by atoms with Crippen molar-refractivity contribution in [3.05, 3.63) is 88.4 Å². The summed E-state index contributed by atoms with van der Waals surface area (Å²) in [4.78, 5) is 21.4. The molecule has 1 amide bonds. The second kappa shape index (κ2) is 9.25. The number of anilines is 1. The van der Waals surface area contributed by atoms with Gasteiger partial charge in [-0.15, -0.1) is 5.10 Å². The first kappa shape index (κ1) is 20.3. The monoisotopic (exact) mass is 456 g/mol. The first-order chi connectivity index (χ1) is 14.6. The highest BCUT2D eigenvalue weighted by Crippen LogP contribution is 2.26. The van der Waals surface area contributed by atoms with Gasteiger partial charge in [-0.25, -0.2) is 14.6 Å². The van der Waals surface area contributed by atoms with Crippen molar-refractivity contribution in [3.63, 3.8) is 0 Å². The number of carbonyl (C=O) groups is 1. The molecule has 0 aliphatic heterocycles. The highest BCUT2D eigenvalue weighted by Gasteiger charge is 2.21. The van der Waals surface area contributed by atoms with E-state index >= 15 is 0 Å². The van der Waals surface area contributed by atoms with Crippen LogP contribution in [0.3, 0.4) is 0 Å². The zero-order valence-corrected chi connectivity index (χ0v) is 17.7. The number of nitrogens with one attached hydrogen (secondary N) is 1. The predicted molar refractivity (Wildman–Crippen MR) is 117 cm³/mol. The Kier molecular flexibility index (Phi) is 6.27. The molecule has 0 aliphatic rings. The largest absolute Gasteiger partial charge is 0.320 e. The number of hydrogen-bond donors (Lipinski definition) is 1. The van der Waals surface area contributed by atoms with E-state index in [-0.39, 0.29) is 5.69 Å². The van der Waals surface area contributed by atoms with Crippen LogP contribution in [0.1, 0.15) is 16.2 Å². The van der Waals surface area contributed by atoms with Crippen molar-refractivity contribution in [2.45, 2.75) is 10.9 Å². The lowest BCUT2D eigenvalue weighted by atomic mass is 10.2. The third-order valence-electron chi connectivity index (χ3n) is 4.04. The lowest BCUT2D eigenvalue weighted by Crippen LogP contribution is -2.15. The third kappa shape index (κ3) is 4.62. The maximum atomic E-state index is 12.9. The summed E-state index contributed by atoms with van der Waals surface area (Å²) >= 11 is 13.4. The SMILES string of the molecule is O=C(Nc1ccc(Cl)c(Cl)c1)c1nnn(-c2ccccc2)c1CSc1ncccn1. The topological polar surface area (TPSA) is 85.6 Å². The van der Waals surface area contributed by atoms with Crippen LogP contribution >= 0.6 is 35.0 Å². The number of para-hydroxylation sites is 1. The van der Waals surface area contributed by atoms with E-state index in [4.69, 9.17) is 23.2 Å². The molecule has 0 saturated carbocycles.